The van der Waals surface area contributed by atoms with Gasteiger partial charge in [0.2, 0.25) is 0 Å². The summed E-state index contributed by atoms with van der Waals surface area (Å²) in [5, 5.41) is 6.64. The van der Waals surface area contributed by atoms with E-state index in [-0.39, 0.29) is 0 Å². The van der Waals surface area contributed by atoms with E-state index < -0.39 is 0 Å². The Balaban J connectivity index is 2.18. The van der Waals surface area contributed by atoms with Crippen LogP contribution in [0.5, 0.6) is 0 Å². The van der Waals surface area contributed by atoms with E-state index in [0.29, 0.717) is 4.17 Å². The molecule has 4 heteroatoms. The molecule has 0 aromatic carbocycles. The average molecular weight is 323 g/mol. The van der Waals surface area contributed by atoms with E-state index in [4.69, 9.17) is 0 Å². The van der Waals surface area contributed by atoms with Gasteiger partial charge in [0, 0.05) is 13.1 Å². The topological polar surface area (TPSA) is 18.8 Å². The average Bonchev–Trinajstić information content (AvgIpc) is 2.57. The first kappa shape index (κ1) is 13.1. The highest BCUT2D eigenvalue weighted by Gasteiger charge is 2.23. The highest BCUT2D eigenvalue weighted by molar-refractivity contribution is 14.1. The van der Waals surface area contributed by atoms with E-state index in [2.05, 4.69) is 51.4 Å². The predicted molar refractivity (Wildman–Crippen MR) is 74.1 cm³/mol. The van der Waals surface area contributed by atoms with Gasteiger partial charge in [-0.1, -0.05) is 33.1 Å². The molecule has 88 valence electrons. The van der Waals surface area contributed by atoms with Crippen LogP contribution in [0.15, 0.2) is 5.10 Å². The van der Waals surface area contributed by atoms with Crippen LogP contribution in [0.2, 0.25) is 0 Å². The number of rotatable bonds is 7. The van der Waals surface area contributed by atoms with Crippen molar-refractivity contribution in [3.63, 3.8) is 0 Å². The van der Waals surface area contributed by atoms with Crippen molar-refractivity contribution in [2.45, 2.75) is 50.1 Å². The molecule has 15 heavy (non-hydrogen) atoms. The van der Waals surface area contributed by atoms with Crippen molar-refractivity contribution in [2.75, 3.05) is 13.1 Å². The molecule has 1 heterocycles. The molecule has 0 saturated heterocycles. The molecule has 0 aromatic rings. The first-order valence-corrected chi connectivity index (χ1v) is 7.24. The summed E-state index contributed by atoms with van der Waals surface area (Å²) in [7, 11) is 0. The monoisotopic (exact) mass is 323 g/mol. The lowest BCUT2D eigenvalue weighted by atomic mass is 10.2. The Morgan fingerprint density at radius 3 is 2.60 bits per heavy atom. The molecule has 0 N–H and O–H groups in total. The summed E-state index contributed by atoms with van der Waals surface area (Å²) in [5.74, 6) is 0. The lowest BCUT2D eigenvalue weighted by Gasteiger charge is -2.25. The third-order valence-corrected chi connectivity index (χ3v) is 3.95. The largest absolute Gasteiger partial charge is 0.331 e. The summed E-state index contributed by atoms with van der Waals surface area (Å²) in [6.45, 7) is 6.67. The summed E-state index contributed by atoms with van der Waals surface area (Å²) in [4.78, 5) is 2.31. The fourth-order valence-electron chi connectivity index (χ4n) is 1.70. The van der Waals surface area contributed by atoms with Gasteiger partial charge in [-0.2, -0.15) is 5.10 Å². The second-order valence-electron chi connectivity index (χ2n) is 4.00. The number of hydrogen-bond donors (Lipinski definition) is 0. The van der Waals surface area contributed by atoms with Crippen molar-refractivity contribution in [1.82, 2.24) is 9.91 Å². The molecule has 0 spiro atoms. The number of halogens is 1. The minimum absolute atomic E-state index is 0.434. The van der Waals surface area contributed by atoms with E-state index >= 15 is 0 Å². The van der Waals surface area contributed by atoms with Crippen molar-refractivity contribution in [3.05, 3.63) is 0 Å². The predicted octanol–water partition coefficient (Wildman–Crippen LogP) is 3.26. The molecule has 0 fully saturated rings. The van der Waals surface area contributed by atoms with Crippen molar-refractivity contribution in [2.24, 2.45) is 5.10 Å². The SMILES string of the molecule is CCCCCCN1N=CN(CCC)C1I. The molecule has 0 bridgehead atoms. The summed E-state index contributed by atoms with van der Waals surface area (Å²) in [5.41, 5.74) is 0. The van der Waals surface area contributed by atoms with Gasteiger partial charge in [-0.05, 0) is 35.4 Å². The van der Waals surface area contributed by atoms with E-state index in [0.717, 1.165) is 13.1 Å². The van der Waals surface area contributed by atoms with Gasteiger partial charge < -0.3 is 4.90 Å². The third kappa shape index (κ3) is 4.17. The van der Waals surface area contributed by atoms with Gasteiger partial charge in [-0.3, -0.25) is 5.01 Å². The standard InChI is InChI=1S/C11H22IN3/c1-3-5-6-7-9-15-11(12)14(8-4-2)10-13-15/h10-11H,3-9H2,1-2H3. The Labute approximate surface area is 107 Å². The van der Waals surface area contributed by atoms with Crippen LogP contribution in [-0.4, -0.2) is 33.5 Å². The molecule has 0 amide bonds. The zero-order valence-electron chi connectivity index (χ0n) is 9.82. The maximum Gasteiger partial charge on any atom is 0.171 e. The van der Waals surface area contributed by atoms with Gasteiger partial charge in [-0.15, -0.1) is 0 Å². The molecule has 1 aliphatic rings. The summed E-state index contributed by atoms with van der Waals surface area (Å²) < 4.78 is 0.434. The van der Waals surface area contributed by atoms with Gasteiger partial charge in [0.25, 0.3) is 0 Å². The molecule has 0 radical (unpaired) electrons. The first-order chi connectivity index (χ1) is 7.29. The molecule has 0 aromatic heterocycles. The van der Waals surface area contributed by atoms with Gasteiger partial charge in [-0.25, -0.2) is 0 Å². The van der Waals surface area contributed by atoms with Gasteiger partial charge >= 0.3 is 0 Å². The second kappa shape index (κ2) is 7.30. The second-order valence-corrected chi connectivity index (χ2v) is 5.12. The summed E-state index contributed by atoms with van der Waals surface area (Å²) >= 11 is 2.47. The minimum Gasteiger partial charge on any atom is -0.331 e. The van der Waals surface area contributed by atoms with E-state index in [1.165, 1.54) is 32.1 Å². The van der Waals surface area contributed by atoms with Crippen LogP contribution in [0.25, 0.3) is 0 Å². The lowest BCUT2D eigenvalue weighted by Crippen LogP contribution is -2.35. The Morgan fingerprint density at radius 1 is 1.13 bits per heavy atom. The van der Waals surface area contributed by atoms with Crippen LogP contribution in [0, 0.1) is 0 Å². The Morgan fingerprint density at radius 2 is 1.93 bits per heavy atom. The van der Waals surface area contributed by atoms with Crippen molar-refractivity contribution in [3.8, 4) is 0 Å². The summed E-state index contributed by atoms with van der Waals surface area (Å²) in [6.07, 6.45) is 8.43. The smallest absolute Gasteiger partial charge is 0.171 e. The number of hydrogen-bond acceptors (Lipinski definition) is 3. The van der Waals surface area contributed by atoms with Gasteiger partial charge in [0.05, 0.1) is 0 Å². The minimum atomic E-state index is 0.434. The molecule has 0 saturated carbocycles. The molecule has 3 nitrogen and oxygen atoms in total. The van der Waals surface area contributed by atoms with Gasteiger partial charge in [0.15, 0.2) is 4.17 Å². The molecule has 1 aliphatic heterocycles. The number of nitrogens with zero attached hydrogens (tertiary/aromatic N) is 3. The maximum atomic E-state index is 4.44. The van der Waals surface area contributed by atoms with E-state index in [1.54, 1.807) is 0 Å². The quantitative estimate of drug-likeness (QED) is 0.310. The number of alkyl halides is 1. The Hall–Kier alpha value is 0. The Kier molecular flexibility index (Phi) is 6.36. The molecular weight excluding hydrogens is 301 g/mol. The van der Waals surface area contributed by atoms with Crippen molar-refractivity contribution < 1.29 is 0 Å². The number of unbranched alkanes of at least 4 members (excludes halogenated alkanes) is 3. The highest BCUT2D eigenvalue weighted by Crippen LogP contribution is 2.19. The zero-order valence-corrected chi connectivity index (χ0v) is 12.0. The summed E-state index contributed by atoms with van der Waals surface area (Å²) in [6, 6.07) is 0. The normalized spacial score (nSPS) is 20.3. The van der Waals surface area contributed by atoms with Crippen molar-refractivity contribution >= 4 is 28.9 Å². The first-order valence-electron chi connectivity index (χ1n) is 6.00. The molecular formula is C11H22IN3. The third-order valence-electron chi connectivity index (χ3n) is 2.59. The van der Waals surface area contributed by atoms with E-state index in [1.807, 2.05) is 6.34 Å². The van der Waals surface area contributed by atoms with Crippen LogP contribution in [0.4, 0.5) is 0 Å². The van der Waals surface area contributed by atoms with E-state index in [9.17, 15) is 0 Å². The molecule has 0 aliphatic carbocycles. The maximum absolute atomic E-state index is 4.44. The van der Waals surface area contributed by atoms with Crippen LogP contribution in [0.1, 0.15) is 46.0 Å². The Bertz CT molecular complexity index is 196. The van der Waals surface area contributed by atoms with Crippen LogP contribution < -0.4 is 0 Å². The lowest BCUT2D eigenvalue weighted by molar-refractivity contribution is 0.214. The highest BCUT2D eigenvalue weighted by atomic mass is 127. The number of hydrazone groups is 1. The van der Waals surface area contributed by atoms with Crippen molar-refractivity contribution in [1.29, 1.82) is 0 Å². The molecule has 1 unspecified atom stereocenters. The fourth-order valence-corrected chi connectivity index (χ4v) is 2.55. The van der Waals surface area contributed by atoms with Crippen LogP contribution in [-0.2, 0) is 0 Å². The van der Waals surface area contributed by atoms with Crippen LogP contribution >= 0.6 is 22.6 Å². The fraction of sp³-hybridized carbons (Fsp3) is 0.909. The van der Waals surface area contributed by atoms with Gasteiger partial charge in [0.1, 0.15) is 6.34 Å². The zero-order chi connectivity index (χ0) is 11.1. The van der Waals surface area contributed by atoms with Crippen LogP contribution in [0.3, 0.4) is 0 Å². The molecule has 1 atom stereocenters. The molecule has 1 rings (SSSR count).